The molecule has 0 aliphatic heterocycles. The zero-order valence-electron chi connectivity index (χ0n) is 9.23. The molecule has 84 valence electrons. The molecule has 0 aliphatic rings. The summed E-state index contributed by atoms with van der Waals surface area (Å²) in [4.78, 5) is 16.1. The van der Waals surface area contributed by atoms with Gasteiger partial charge in [-0.15, -0.1) is 0 Å². The summed E-state index contributed by atoms with van der Waals surface area (Å²) in [6.07, 6.45) is 0.0166. The van der Waals surface area contributed by atoms with Crippen molar-refractivity contribution in [1.29, 1.82) is 0 Å². The fourth-order valence-corrected chi connectivity index (χ4v) is 2.01. The number of carboxylic acids is 1. The highest BCUT2D eigenvalue weighted by Gasteiger charge is 2.15. The minimum absolute atomic E-state index is 0.0166. The molecule has 0 saturated carbocycles. The number of nitrogens with zero attached hydrogens (tertiary/aromatic N) is 1. The fourth-order valence-electron chi connectivity index (χ4n) is 2.01. The first-order valence-electron chi connectivity index (χ1n) is 5.00. The van der Waals surface area contributed by atoms with Crippen LogP contribution in [0.1, 0.15) is 11.3 Å². The minimum Gasteiger partial charge on any atom is -0.481 e. The zero-order valence-corrected chi connectivity index (χ0v) is 9.23. The smallest absolute Gasteiger partial charge is 0.307 e. The van der Waals surface area contributed by atoms with Crippen LogP contribution in [-0.2, 0) is 11.2 Å². The van der Waals surface area contributed by atoms with Gasteiger partial charge in [0.15, 0.2) is 0 Å². The second kappa shape index (κ2) is 3.89. The Morgan fingerprint density at radius 1 is 1.44 bits per heavy atom. The van der Waals surface area contributed by atoms with E-state index in [1.807, 2.05) is 31.2 Å². The van der Waals surface area contributed by atoms with E-state index in [0.717, 1.165) is 22.2 Å². The lowest BCUT2D eigenvalue weighted by molar-refractivity contribution is -0.136. The zero-order chi connectivity index (χ0) is 11.7. The second-order valence-electron chi connectivity index (χ2n) is 3.63. The molecule has 1 aromatic carbocycles. The van der Waals surface area contributed by atoms with Gasteiger partial charge in [0.2, 0.25) is 0 Å². The molecule has 0 bridgehead atoms. The van der Waals surface area contributed by atoms with Gasteiger partial charge in [-0.25, -0.2) is 0 Å². The van der Waals surface area contributed by atoms with Gasteiger partial charge < -0.3 is 9.94 Å². The summed E-state index contributed by atoms with van der Waals surface area (Å²) in [5.41, 5.74) is 2.55. The van der Waals surface area contributed by atoms with Gasteiger partial charge in [-0.2, -0.15) is 4.73 Å². The summed E-state index contributed by atoms with van der Waals surface area (Å²) >= 11 is 0. The molecule has 0 fully saturated rings. The summed E-state index contributed by atoms with van der Waals surface area (Å²) in [6.45, 7) is 1.86. The van der Waals surface area contributed by atoms with E-state index in [0.29, 0.717) is 0 Å². The molecule has 0 atom stereocenters. The highest BCUT2D eigenvalue weighted by molar-refractivity contribution is 5.88. The molecule has 1 heterocycles. The van der Waals surface area contributed by atoms with Crippen molar-refractivity contribution < 1.29 is 14.7 Å². The van der Waals surface area contributed by atoms with Crippen molar-refractivity contribution >= 4 is 16.9 Å². The maximum absolute atomic E-state index is 10.8. The van der Waals surface area contributed by atoms with E-state index in [9.17, 15) is 4.79 Å². The van der Waals surface area contributed by atoms with Crippen molar-refractivity contribution in [3.05, 3.63) is 35.5 Å². The first-order chi connectivity index (χ1) is 7.65. The van der Waals surface area contributed by atoms with E-state index in [1.165, 1.54) is 0 Å². The number of carboxylic acid groups (broad SMARTS) is 1. The van der Waals surface area contributed by atoms with Gasteiger partial charge in [-0.05, 0) is 18.6 Å². The molecule has 0 amide bonds. The number of aromatic nitrogens is 1. The van der Waals surface area contributed by atoms with Gasteiger partial charge in [-0.3, -0.25) is 4.79 Å². The van der Waals surface area contributed by atoms with Crippen LogP contribution in [0.5, 0.6) is 0 Å². The Labute approximate surface area is 93.0 Å². The van der Waals surface area contributed by atoms with E-state index in [-0.39, 0.29) is 6.42 Å². The minimum atomic E-state index is -0.831. The molecule has 0 aliphatic carbocycles. The van der Waals surface area contributed by atoms with E-state index in [2.05, 4.69) is 0 Å². The number of rotatable bonds is 3. The molecular formula is C12H13NO3. The van der Waals surface area contributed by atoms with Crippen molar-refractivity contribution in [1.82, 2.24) is 4.73 Å². The molecule has 16 heavy (non-hydrogen) atoms. The van der Waals surface area contributed by atoms with Crippen LogP contribution in [0.25, 0.3) is 10.9 Å². The molecule has 2 aromatic rings. The van der Waals surface area contributed by atoms with Crippen LogP contribution in [-0.4, -0.2) is 22.9 Å². The lowest BCUT2D eigenvalue weighted by atomic mass is 10.1. The molecule has 0 spiro atoms. The molecule has 0 saturated heterocycles. The average molecular weight is 219 g/mol. The maximum Gasteiger partial charge on any atom is 0.307 e. The number of para-hydroxylation sites is 1. The Bertz CT molecular complexity index is 542. The maximum atomic E-state index is 10.8. The number of hydrogen-bond acceptors (Lipinski definition) is 2. The third-order valence-corrected chi connectivity index (χ3v) is 2.70. The largest absolute Gasteiger partial charge is 0.481 e. The lowest BCUT2D eigenvalue weighted by Crippen LogP contribution is -2.08. The summed E-state index contributed by atoms with van der Waals surface area (Å²) in [7, 11) is 1.57. The standard InChI is InChI=1S/C12H13NO3/c1-8-10(7-12(14)15)9-5-3-4-6-11(9)13(8)16-2/h3-6H,7H2,1-2H3,(H,14,15). The molecule has 4 heteroatoms. The first-order valence-corrected chi connectivity index (χ1v) is 5.00. The van der Waals surface area contributed by atoms with Gasteiger partial charge >= 0.3 is 5.97 Å². The Morgan fingerprint density at radius 2 is 2.12 bits per heavy atom. The van der Waals surface area contributed by atoms with Crippen molar-refractivity contribution in [2.24, 2.45) is 0 Å². The van der Waals surface area contributed by atoms with Gasteiger partial charge in [0.25, 0.3) is 0 Å². The number of hydrogen-bond donors (Lipinski definition) is 1. The number of aliphatic carboxylic acids is 1. The predicted octanol–water partition coefficient (Wildman–Crippen LogP) is 1.64. The number of carbonyl (C=O) groups is 1. The first kappa shape index (κ1) is 10.5. The van der Waals surface area contributed by atoms with Gasteiger partial charge in [0.1, 0.15) is 7.11 Å². The Kier molecular flexibility index (Phi) is 2.56. The van der Waals surface area contributed by atoms with Crippen LogP contribution in [0.4, 0.5) is 0 Å². The molecule has 4 nitrogen and oxygen atoms in total. The molecular weight excluding hydrogens is 206 g/mol. The second-order valence-corrected chi connectivity index (χ2v) is 3.63. The summed E-state index contributed by atoms with van der Waals surface area (Å²) in [5.74, 6) is -0.831. The van der Waals surface area contributed by atoms with Crippen molar-refractivity contribution in [3.8, 4) is 0 Å². The third-order valence-electron chi connectivity index (χ3n) is 2.70. The molecule has 1 aromatic heterocycles. The van der Waals surface area contributed by atoms with Crippen molar-refractivity contribution in [2.75, 3.05) is 7.11 Å². The fraction of sp³-hybridized carbons (Fsp3) is 0.250. The Hall–Kier alpha value is -1.97. The van der Waals surface area contributed by atoms with Crippen molar-refractivity contribution in [3.63, 3.8) is 0 Å². The molecule has 0 unspecified atom stereocenters. The van der Waals surface area contributed by atoms with Crippen LogP contribution in [0, 0.1) is 6.92 Å². The topological polar surface area (TPSA) is 51.5 Å². The van der Waals surface area contributed by atoms with E-state index in [1.54, 1.807) is 11.8 Å². The van der Waals surface area contributed by atoms with Gasteiger partial charge in [-0.1, -0.05) is 18.2 Å². The van der Waals surface area contributed by atoms with Crippen LogP contribution in [0.15, 0.2) is 24.3 Å². The average Bonchev–Trinajstić information content (AvgIpc) is 2.52. The van der Waals surface area contributed by atoms with Crippen LogP contribution in [0.3, 0.4) is 0 Å². The summed E-state index contributed by atoms with van der Waals surface area (Å²) in [5, 5.41) is 9.82. The van der Waals surface area contributed by atoms with E-state index in [4.69, 9.17) is 9.94 Å². The quantitative estimate of drug-likeness (QED) is 0.853. The Balaban J connectivity index is 2.71. The van der Waals surface area contributed by atoms with Gasteiger partial charge in [0.05, 0.1) is 17.6 Å². The predicted molar refractivity (Wildman–Crippen MR) is 60.5 cm³/mol. The number of fused-ring (bicyclic) bond motifs is 1. The van der Waals surface area contributed by atoms with E-state index < -0.39 is 5.97 Å². The van der Waals surface area contributed by atoms with Crippen LogP contribution in [0.2, 0.25) is 0 Å². The lowest BCUT2D eigenvalue weighted by Gasteiger charge is -2.04. The third kappa shape index (κ3) is 1.52. The van der Waals surface area contributed by atoms with Crippen LogP contribution >= 0.6 is 0 Å². The number of benzene rings is 1. The highest BCUT2D eigenvalue weighted by Crippen LogP contribution is 2.25. The monoisotopic (exact) mass is 219 g/mol. The van der Waals surface area contributed by atoms with E-state index >= 15 is 0 Å². The highest BCUT2D eigenvalue weighted by atomic mass is 16.6. The Morgan fingerprint density at radius 3 is 2.75 bits per heavy atom. The van der Waals surface area contributed by atoms with Gasteiger partial charge in [0, 0.05) is 5.39 Å². The normalized spacial score (nSPS) is 10.6. The SMILES string of the molecule is COn1c(C)c(CC(=O)O)c2ccccc21. The molecule has 2 rings (SSSR count). The van der Waals surface area contributed by atoms with Crippen molar-refractivity contribution in [2.45, 2.75) is 13.3 Å². The molecule has 1 N–H and O–H groups in total. The van der Waals surface area contributed by atoms with Crippen LogP contribution < -0.4 is 4.84 Å². The summed E-state index contributed by atoms with van der Waals surface area (Å²) in [6, 6.07) is 7.63. The summed E-state index contributed by atoms with van der Waals surface area (Å²) < 4.78 is 1.66. The molecule has 0 radical (unpaired) electrons.